The van der Waals surface area contributed by atoms with Gasteiger partial charge in [-0.05, 0) is 127 Å². The molecule has 0 aliphatic heterocycles. The Balaban J connectivity index is 0.946. The summed E-state index contributed by atoms with van der Waals surface area (Å²) in [6, 6.07) is 54.3. The second-order valence-corrected chi connectivity index (χ2v) is 12.4. The first-order chi connectivity index (χ1) is 24.7. The summed E-state index contributed by atoms with van der Waals surface area (Å²) in [5.41, 5.74) is 8.17. The van der Waals surface area contributed by atoms with E-state index in [1.807, 2.05) is 84.9 Å². The maximum atomic E-state index is 5.98. The molecule has 50 heavy (non-hydrogen) atoms. The van der Waals surface area contributed by atoms with Gasteiger partial charge in [0.25, 0.3) is 0 Å². The zero-order chi connectivity index (χ0) is 33.0. The average Bonchev–Trinajstić information content (AvgIpc) is 3.89. The van der Waals surface area contributed by atoms with Crippen LogP contribution in [0.1, 0.15) is 0 Å². The molecular weight excluding hydrogens is 617 g/mol. The van der Waals surface area contributed by atoms with Crippen molar-refractivity contribution in [2.75, 3.05) is 0 Å². The third-order valence-electron chi connectivity index (χ3n) is 9.36. The van der Waals surface area contributed by atoms with Gasteiger partial charge >= 0.3 is 0 Å². The van der Waals surface area contributed by atoms with E-state index in [9.17, 15) is 0 Å². The van der Waals surface area contributed by atoms with Gasteiger partial charge in [0.2, 0.25) is 23.6 Å². The van der Waals surface area contributed by atoms with E-state index in [0.29, 0.717) is 23.6 Å². The largest absolute Gasteiger partial charge is 0.416 e. The minimum absolute atomic E-state index is 0.505. The Hall–Kier alpha value is -6.92. The highest BCUT2D eigenvalue weighted by molar-refractivity contribution is 6.24. The molecule has 0 saturated heterocycles. The third kappa shape index (κ3) is 4.81. The fourth-order valence-electron chi connectivity index (χ4n) is 6.86. The van der Waals surface area contributed by atoms with Crippen molar-refractivity contribution in [2.24, 2.45) is 0 Å². The normalized spacial score (nSPS) is 11.6. The third-order valence-corrected chi connectivity index (χ3v) is 9.36. The Labute approximate surface area is 286 Å². The standard InChI is InChI=1S/C44H26N4O2/c1-3-7-29(8-4-1)41-45-47-43(49-41)31-15-11-27(12-16-31)37-23-33-19-21-35-25-38(26-36-22-20-34(24-37)39(33)40(35)36)28-13-17-32(18-14-28)44-48-46-42(50-44)30-9-5-2-6-10-30/h1-26H. The van der Waals surface area contributed by atoms with Gasteiger partial charge in [-0.15, -0.1) is 20.4 Å². The van der Waals surface area contributed by atoms with Gasteiger partial charge in [0.1, 0.15) is 0 Å². The molecule has 0 spiro atoms. The quantitative estimate of drug-likeness (QED) is 0.168. The molecule has 0 atom stereocenters. The van der Waals surface area contributed by atoms with Crippen molar-refractivity contribution in [2.45, 2.75) is 0 Å². The zero-order valence-corrected chi connectivity index (χ0v) is 26.6. The number of rotatable bonds is 6. The Morgan fingerprint density at radius 1 is 0.260 bits per heavy atom. The van der Waals surface area contributed by atoms with E-state index < -0.39 is 0 Å². The monoisotopic (exact) mass is 642 g/mol. The molecule has 0 radical (unpaired) electrons. The van der Waals surface area contributed by atoms with Crippen LogP contribution in [0.5, 0.6) is 0 Å². The molecule has 0 bridgehead atoms. The Morgan fingerprint density at radius 3 is 0.860 bits per heavy atom. The van der Waals surface area contributed by atoms with Crippen molar-refractivity contribution in [3.63, 3.8) is 0 Å². The molecule has 0 aliphatic carbocycles. The van der Waals surface area contributed by atoms with Gasteiger partial charge in [-0.2, -0.15) is 0 Å². The lowest BCUT2D eigenvalue weighted by Gasteiger charge is -2.14. The van der Waals surface area contributed by atoms with E-state index in [4.69, 9.17) is 8.83 Å². The van der Waals surface area contributed by atoms with E-state index in [-0.39, 0.29) is 0 Å². The van der Waals surface area contributed by atoms with Crippen LogP contribution < -0.4 is 0 Å². The Morgan fingerprint density at radius 2 is 0.540 bits per heavy atom. The molecule has 6 nitrogen and oxygen atoms in total. The van der Waals surface area contributed by atoms with Crippen LogP contribution in [0.4, 0.5) is 0 Å². The van der Waals surface area contributed by atoms with Crippen molar-refractivity contribution < 1.29 is 8.83 Å². The number of aromatic nitrogens is 4. The Bertz CT molecular complexity index is 2530. The van der Waals surface area contributed by atoms with Crippen LogP contribution in [0, 0.1) is 0 Å². The molecule has 8 aromatic carbocycles. The van der Waals surface area contributed by atoms with E-state index in [0.717, 1.165) is 44.5 Å². The average molecular weight is 643 g/mol. The lowest BCUT2D eigenvalue weighted by Crippen LogP contribution is -1.88. The molecule has 2 aromatic heterocycles. The smallest absolute Gasteiger partial charge is 0.248 e. The fraction of sp³-hybridized carbons (Fsp3) is 0. The second kappa shape index (κ2) is 11.4. The van der Waals surface area contributed by atoms with Gasteiger partial charge in [-0.3, -0.25) is 0 Å². The highest BCUT2D eigenvalue weighted by Gasteiger charge is 2.15. The highest BCUT2D eigenvalue weighted by Crippen LogP contribution is 2.40. The lowest BCUT2D eigenvalue weighted by atomic mass is 9.89. The van der Waals surface area contributed by atoms with Gasteiger partial charge in [0, 0.05) is 22.3 Å². The van der Waals surface area contributed by atoms with Gasteiger partial charge in [0.15, 0.2) is 0 Å². The summed E-state index contributed by atoms with van der Waals surface area (Å²) in [4.78, 5) is 0. The molecule has 0 saturated carbocycles. The van der Waals surface area contributed by atoms with Gasteiger partial charge in [-0.1, -0.05) is 84.9 Å². The summed E-state index contributed by atoms with van der Waals surface area (Å²) in [7, 11) is 0. The van der Waals surface area contributed by atoms with Crippen molar-refractivity contribution in [1.82, 2.24) is 20.4 Å². The lowest BCUT2D eigenvalue weighted by molar-refractivity contribution is 0.584. The summed E-state index contributed by atoms with van der Waals surface area (Å²) < 4.78 is 12.0. The molecule has 0 aliphatic rings. The van der Waals surface area contributed by atoms with Crippen LogP contribution in [0.2, 0.25) is 0 Å². The first-order valence-corrected chi connectivity index (χ1v) is 16.5. The molecule has 234 valence electrons. The van der Waals surface area contributed by atoms with E-state index in [1.54, 1.807) is 0 Å². The fourth-order valence-corrected chi connectivity index (χ4v) is 6.86. The summed E-state index contributed by atoms with van der Waals surface area (Å²) in [5.74, 6) is 2.04. The van der Waals surface area contributed by atoms with Crippen LogP contribution in [-0.2, 0) is 0 Å². The van der Waals surface area contributed by atoms with Crippen LogP contribution in [0.15, 0.2) is 167 Å². The second-order valence-electron chi connectivity index (χ2n) is 12.4. The molecule has 0 N–H and O–H groups in total. The SMILES string of the molecule is c1ccc(-c2nnc(-c3ccc(-c4cc5ccc6cc(-c7ccc(-c8nnc(-c9ccccc9)o8)cc7)cc7ccc(c4)c5c67)cc3)o2)cc1. The number of hydrogen-bond acceptors (Lipinski definition) is 6. The molecule has 10 rings (SSSR count). The molecule has 0 unspecified atom stereocenters. The Kier molecular flexibility index (Phi) is 6.39. The first kappa shape index (κ1) is 28.1. The van der Waals surface area contributed by atoms with Crippen molar-refractivity contribution in [3.05, 3.63) is 158 Å². The predicted octanol–water partition coefficient (Wildman–Crippen LogP) is 11.4. The number of nitrogens with zero attached hydrogens (tertiary/aromatic N) is 4. The van der Waals surface area contributed by atoms with E-state index in [1.165, 1.54) is 32.3 Å². The van der Waals surface area contributed by atoms with Gasteiger partial charge in [-0.25, -0.2) is 0 Å². The zero-order valence-electron chi connectivity index (χ0n) is 26.6. The van der Waals surface area contributed by atoms with Crippen LogP contribution in [0.25, 0.3) is 100 Å². The van der Waals surface area contributed by atoms with Gasteiger partial charge < -0.3 is 8.83 Å². The topological polar surface area (TPSA) is 77.8 Å². The summed E-state index contributed by atoms with van der Waals surface area (Å²) >= 11 is 0. The first-order valence-electron chi connectivity index (χ1n) is 16.5. The van der Waals surface area contributed by atoms with Crippen LogP contribution in [0.3, 0.4) is 0 Å². The summed E-state index contributed by atoms with van der Waals surface area (Å²) in [6.45, 7) is 0. The molecule has 0 fully saturated rings. The molecule has 6 heteroatoms. The molecule has 0 amide bonds. The van der Waals surface area contributed by atoms with E-state index >= 15 is 0 Å². The number of benzene rings is 8. The predicted molar refractivity (Wildman–Crippen MR) is 198 cm³/mol. The van der Waals surface area contributed by atoms with Crippen LogP contribution >= 0.6 is 0 Å². The minimum Gasteiger partial charge on any atom is -0.416 e. The summed E-state index contributed by atoms with van der Waals surface area (Å²) in [6.07, 6.45) is 0. The van der Waals surface area contributed by atoms with Gasteiger partial charge in [0.05, 0.1) is 0 Å². The highest BCUT2D eigenvalue weighted by atomic mass is 16.4. The molecular formula is C44H26N4O2. The molecule has 2 heterocycles. The van der Waals surface area contributed by atoms with Crippen molar-refractivity contribution in [1.29, 1.82) is 0 Å². The maximum Gasteiger partial charge on any atom is 0.248 e. The van der Waals surface area contributed by atoms with Crippen molar-refractivity contribution in [3.8, 4) is 68.1 Å². The van der Waals surface area contributed by atoms with E-state index in [2.05, 4.69) is 93.2 Å². The minimum atomic E-state index is 0.505. The maximum absolute atomic E-state index is 5.98. The van der Waals surface area contributed by atoms with Crippen LogP contribution in [-0.4, -0.2) is 20.4 Å². The number of hydrogen-bond donors (Lipinski definition) is 0. The summed E-state index contributed by atoms with van der Waals surface area (Å²) in [5, 5.41) is 24.5. The van der Waals surface area contributed by atoms with Crippen molar-refractivity contribution >= 4 is 32.3 Å². The molecule has 10 aromatic rings.